The van der Waals surface area contributed by atoms with Crippen LogP contribution in [0.15, 0.2) is 65.6 Å². The molecule has 1 heterocycles. The molecule has 0 aliphatic carbocycles. The van der Waals surface area contributed by atoms with Gasteiger partial charge in [0.2, 0.25) is 10.0 Å². The topological polar surface area (TPSA) is 81.1 Å². The van der Waals surface area contributed by atoms with E-state index >= 15 is 0 Å². The maximum Gasteiger partial charge on any atom is 0.269 e. The second-order valence-corrected chi connectivity index (χ2v) is 8.25. The van der Waals surface area contributed by atoms with E-state index in [9.17, 15) is 13.2 Å². The molecule has 0 radical (unpaired) electrons. The molecule has 2 aromatic carbocycles. The largest absolute Gasteiger partial charge is 0.270 e. The third-order valence-electron chi connectivity index (χ3n) is 4.00. The molecule has 0 bridgehead atoms. The molecule has 1 N–H and O–H groups in total. The van der Waals surface area contributed by atoms with Gasteiger partial charge in [0.05, 0.1) is 10.6 Å². The van der Waals surface area contributed by atoms with E-state index < -0.39 is 22.0 Å². The number of carbonyl (C=O) groups excluding carboxylic acids is 1. The molecule has 3 aromatic rings. The molecular formula is C19H18ClN3O3S. The van der Waals surface area contributed by atoms with Gasteiger partial charge < -0.3 is 0 Å². The molecule has 0 spiro atoms. The van der Waals surface area contributed by atoms with Crippen LogP contribution in [0.1, 0.15) is 27.8 Å². The molecule has 0 fully saturated rings. The molecule has 8 heteroatoms. The molecule has 6 nitrogen and oxygen atoms in total. The lowest BCUT2D eigenvalue weighted by Gasteiger charge is -2.19. The first-order chi connectivity index (χ1) is 12.8. The van der Waals surface area contributed by atoms with Gasteiger partial charge in [-0.3, -0.25) is 4.79 Å². The number of halogens is 1. The summed E-state index contributed by atoms with van der Waals surface area (Å²) in [6.07, 6.45) is 0. The number of aromatic nitrogens is 2. The SMILES string of the molecule is Cc1cc(C)n(C(=O)C(NS(=O)(=O)c2ccc(Cl)cc2)c2ccccc2)n1. The van der Waals surface area contributed by atoms with Crippen molar-refractivity contribution in [3.63, 3.8) is 0 Å². The summed E-state index contributed by atoms with van der Waals surface area (Å²) in [5, 5.41) is 4.61. The van der Waals surface area contributed by atoms with Crippen molar-refractivity contribution in [3.8, 4) is 0 Å². The normalized spacial score (nSPS) is 12.7. The zero-order valence-electron chi connectivity index (χ0n) is 14.8. The Hall–Kier alpha value is -2.48. The van der Waals surface area contributed by atoms with Crippen LogP contribution in [0.4, 0.5) is 0 Å². The van der Waals surface area contributed by atoms with Gasteiger partial charge in [-0.15, -0.1) is 0 Å². The third-order valence-corrected chi connectivity index (χ3v) is 5.69. The fourth-order valence-electron chi connectivity index (χ4n) is 2.72. The van der Waals surface area contributed by atoms with E-state index in [0.717, 1.165) is 0 Å². The van der Waals surface area contributed by atoms with Crippen LogP contribution in [0.2, 0.25) is 5.02 Å². The number of benzene rings is 2. The monoisotopic (exact) mass is 403 g/mol. The van der Waals surface area contributed by atoms with Crippen LogP contribution in [-0.4, -0.2) is 24.1 Å². The summed E-state index contributed by atoms with van der Waals surface area (Å²) in [5.41, 5.74) is 1.82. The number of nitrogens with zero attached hydrogens (tertiary/aromatic N) is 2. The molecule has 27 heavy (non-hydrogen) atoms. The quantitative estimate of drug-likeness (QED) is 0.706. The van der Waals surface area contributed by atoms with Crippen LogP contribution in [0.25, 0.3) is 0 Å². The minimum atomic E-state index is -3.95. The van der Waals surface area contributed by atoms with Crippen LogP contribution in [0, 0.1) is 13.8 Å². The summed E-state index contributed by atoms with van der Waals surface area (Å²) in [7, 11) is -3.95. The summed E-state index contributed by atoms with van der Waals surface area (Å²) in [6.45, 7) is 3.51. The van der Waals surface area contributed by atoms with Gasteiger partial charge in [-0.2, -0.15) is 9.82 Å². The van der Waals surface area contributed by atoms with E-state index in [2.05, 4.69) is 9.82 Å². The molecular weight excluding hydrogens is 386 g/mol. The predicted octanol–water partition coefficient (Wildman–Crippen LogP) is 3.51. The lowest BCUT2D eigenvalue weighted by Crippen LogP contribution is -2.37. The number of nitrogens with one attached hydrogen (secondary N) is 1. The number of hydrogen-bond acceptors (Lipinski definition) is 4. The third kappa shape index (κ3) is 4.27. The second kappa shape index (κ2) is 7.64. The van der Waals surface area contributed by atoms with Crippen molar-refractivity contribution in [2.24, 2.45) is 0 Å². The molecule has 1 atom stereocenters. The fraction of sp³-hybridized carbons (Fsp3) is 0.158. The first-order valence-electron chi connectivity index (χ1n) is 8.18. The average molecular weight is 404 g/mol. The van der Waals surface area contributed by atoms with Crippen molar-refractivity contribution in [1.29, 1.82) is 0 Å². The minimum absolute atomic E-state index is 0.0222. The zero-order valence-corrected chi connectivity index (χ0v) is 16.3. The Morgan fingerprint density at radius 2 is 1.70 bits per heavy atom. The van der Waals surface area contributed by atoms with Crippen molar-refractivity contribution in [3.05, 3.63) is 82.6 Å². The molecule has 1 unspecified atom stereocenters. The van der Waals surface area contributed by atoms with Crippen molar-refractivity contribution < 1.29 is 13.2 Å². The van der Waals surface area contributed by atoms with Gasteiger partial charge in [0.15, 0.2) is 0 Å². The predicted molar refractivity (Wildman–Crippen MR) is 103 cm³/mol. The van der Waals surface area contributed by atoms with Gasteiger partial charge in [-0.25, -0.2) is 13.1 Å². The molecule has 0 amide bonds. The van der Waals surface area contributed by atoms with Crippen LogP contribution >= 0.6 is 11.6 Å². The summed E-state index contributed by atoms with van der Waals surface area (Å²) >= 11 is 5.83. The highest BCUT2D eigenvalue weighted by atomic mass is 35.5. The molecule has 0 aliphatic heterocycles. The average Bonchev–Trinajstić information content (AvgIpc) is 2.98. The first kappa shape index (κ1) is 19.3. The van der Waals surface area contributed by atoms with Crippen molar-refractivity contribution in [2.75, 3.05) is 0 Å². The Morgan fingerprint density at radius 1 is 1.07 bits per heavy atom. The first-order valence-corrected chi connectivity index (χ1v) is 10.0. The van der Waals surface area contributed by atoms with Gasteiger partial charge in [0.25, 0.3) is 5.91 Å². The van der Waals surface area contributed by atoms with E-state index in [-0.39, 0.29) is 4.90 Å². The lowest BCUT2D eigenvalue weighted by molar-refractivity contribution is 0.0851. The van der Waals surface area contributed by atoms with E-state index in [4.69, 9.17) is 11.6 Å². The lowest BCUT2D eigenvalue weighted by atomic mass is 10.1. The Labute approximate surface area is 162 Å². The van der Waals surface area contributed by atoms with Crippen molar-refractivity contribution in [2.45, 2.75) is 24.8 Å². The van der Waals surface area contributed by atoms with Gasteiger partial charge in [0.1, 0.15) is 6.04 Å². The van der Waals surface area contributed by atoms with E-state index in [1.807, 2.05) is 0 Å². The van der Waals surface area contributed by atoms with E-state index in [1.54, 1.807) is 50.2 Å². The Balaban J connectivity index is 2.02. The Morgan fingerprint density at radius 3 is 2.26 bits per heavy atom. The number of carbonyl (C=O) groups is 1. The zero-order chi connectivity index (χ0) is 19.6. The van der Waals surface area contributed by atoms with Crippen molar-refractivity contribution in [1.82, 2.24) is 14.5 Å². The maximum absolute atomic E-state index is 13.1. The fourth-order valence-corrected chi connectivity index (χ4v) is 4.02. The van der Waals surface area contributed by atoms with Crippen molar-refractivity contribution >= 4 is 27.5 Å². The molecule has 3 rings (SSSR count). The van der Waals surface area contributed by atoms with Crippen LogP contribution in [0.3, 0.4) is 0 Å². The van der Waals surface area contributed by atoms with Crippen LogP contribution in [-0.2, 0) is 10.0 Å². The molecule has 1 aromatic heterocycles. The maximum atomic E-state index is 13.1. The van der Waals surface area contributed by atoms with Crippen LogP contribution < -0.4 is 4.72 Å². The summed E-state index contributed by atoms with van der Waals surface area (Å²) in [6, 6.07) is 15.0. The van der Waals surface area contributed by atoms with Gasteiger partial charge in [-0.05, 0) is 49.7 Å². The van der Waals surface area contributed by atoms with Gasteiger partial charge in [0, 0.05) is 10.7 Å². The highest BCUT2D eigenvalue weighted by molar-refractivity contribution is 7.89. The molecule has 0 saturated carbocycles. The standard InChI is InChI=1S/C19H18ClN3O3S/c1-13-12-14(2)23(21-13)19(24)18(15-6-4-3-5-7-15)22-27(25,26)17-10-8-16(20)9-11-17/h3-12,18,22H,1-2H3. The summed E-state index contributed by atoms with van der Waals surface area (Å²) in [4.78, 5) is 13.1. The number of aryl methyl sites for hydroxylation is 2. The summed E-state index contributed by atoms with van der Waals surface area (Å²) < 4.78 is 29.4. The molecule has 0 saturated heterocycles. The van der Waals surface area contributed by atoms with Crippen LogP contribution in [0.5, 0.6) is 0 Å². The Bertz CT molecular complexity index is 1060. The number of hydrogen-bond donors (Lipinski definition) is 1. The van der Waals surface area contributed by atoms with E-state index in [0.29, 0.717) is 22.0 Å². The minimum Gasteiger partial charge on any atom is -0.270 e. The van der Waals surface area contributed by atoms with Gasteiger partial charge in [-0.1, -0.05) is 41.9 Å². The Kier molecular flexibility index (Phi) is 5.46. The van der Waals surface area contributed by atoms with Gasteiger partial charge >= 0.3 is 0 Å². The van der Waals surface area contributed by atoms with E-state index in [1.165, 1.54) is 28.9 Å². The summed E-state index contributed by atoms with van der Waals surface area (Å²) in [5.74, 6) is -0.482. The number of rotatable bonds is 5. The second-order valence-electron chi connectivity index (χ2n) is 6.10. The number of sulfonamides is 1. The smallest absolute Gasteiger partial charge is 0.269 e. The molecule has 0 aliphatic rings. The molecule has 140 valence electrons. The highest BCUT2D eigenvalue weighted by Gasteiger charge is 2.29. The highest BCUT2D eigenvalue weighted by Crippen LogP contribution is 2.21.